The molecule has 1 saturated heterocycles. The van der Waals surface area contributed by atoms with Gasteiger partial charge in [0.15, 0.2) is 0 Å². The van der Waals surface area contributed by atoms with E-state index in [0.717, 1.165) is 25.8 Å². The molecule has 2 fully saturated rings. The van der Waals surface area contributed by atoms with E-state index in [-0.39, 0.29) is 6.04 Å². The molecule has 1 aliphatic heterocycles. The highest BCUT2D eigenvalue weighted by molar-refractivity contribution is 5.74. The van der Waals surface area contributed by atoms with Gasteiger partial charge in [-0.05, 0) is 44.6 Å². The van der Waals surface area contributed by atoms with Crippen LogP contribution in [0, 0.1) is 5.92 Å². The number of nitrogens with zero attached hydrogens (tertiary/aromatic N) is 1. The van der Waals surface area contributed by atoms with Gasteiger partial charge < -0.3 is 5.11 Å². The molecular formula is C11H19NO2. The predicted molar refractivity (Wildman–Crippen MR) is 54.2 cm³/mol. The zero-order valence-corrected chi connectivity index (χ0v) is 8.78. The average molecular weight is 197 g/mol. The number of likely N-dealkylation sites (tertiary alicyclic amines) is 1. The quantitative estimate of drug-likeness (QED) is 0.746. The van der Waals surface area contributed by atoms with Gasteiger partial charge in [-0.2, -0.15) is 0 Å². The van der Waals surface area contributed by atoms with E-state index in [1.165, 1.54) is 12.8 Å². The topological polar surface area (TPSA) is 40.5 Å². The van der Waals surface area contributed by atoms with Crippen molar-refractivity contribution in [2.75, 3.05) is 6.54 Å². The van der Waals surface area contributed by atoms with Crippen LogP contribution in [-0.2, 0) is 4.79 Å². The van der Waals surface area contributed by atoms with E-state index in [4.69, 9.17) is 0 Å². The van der Waals surface area contributed by atoms with E-state index in [1.807, 2.05) is 0 Å². The number of hydrogen-bond donors (Lipinski definition) is 1. The molecule has 0 spiro atoms. The Morgan fingerprint density at radius 1 is 1.50 bits per heavy atom. The van der Waals surface area contributed by atoms with E-state index >= 15 is 0 Å². The van der Waals surface area contributed by atoms with Crippen LogP contribution in [0.25, 0.3) is 0 Å². The summed E-state index contributed by atoms with van der Waals surface area (Å²) in [4.78, 5) is 13.4. The summed E-state index contributed by atoms with van der Waals surface area (Å²) in [5.74, 6) is -0.160. The standard InChI is InChI=1S/C11H19NO2/c1-2-9-4-3-7-12(9)10(11(13)14)8-5-6-8/h8-10H,2-7H2,1H3,(H,13,14). The molecule has 0 aromatic rings. The minimum atomic E-state index is -0.604. The van der Waals surface area contributed by atoms with E-state index in [1.54, 1.807) is 0 Å². The first-order valence-corrected chi connectivity index (χ1v) is 5.72. The van der Waals surface area contributed by atoms with Gasteiger partial charge in [-0.3, -0.25) is 9.69 Å². The van der Waals surface area contributed by atoms with Crippen LogP contribution in [0.3, 0.4) is 0 Å². The average Bonchev–Trinajstić information content (AvgIpc) is 2.84. The highest BCUT2D eigenvalue weighted by Crippen LogP contribution is 2.38. The van der Waals surface area contributed by atoms with Gasteiger partial charge in [0, 0.05) is 6.04 Å². The van der Waals surface area contributed by atoms with E-state index in [0.29, 0.717) is 12.0 Å². The van der Waals surface area contributed by atoms with Gasteiger partial charge in [0.1, 0.15) is 6.04 Å². The van der Waals surface area contributed by atoms with Crippen molar-refractivity contribution >= 4 is 5.97 Å². The van der Waals surface area contributed by atoms with Crippen molar-refractivity contribution in [3.8, 4) is 0 Å². The molecule has 2 unspecified atom stereocenters. The minimum absolute atomic E-state index is 0.178. The summed E-state index contributed by atoms with van der Waals surface area (Å²) in [6, 6.07) is 0.346. The molecule has 1 saturated carbocycles. The van der Waals surface area contributed by atoms with Gasteiger partial charge in [-0.1, -0.05) is 6.92 Å². The Balaban J connectivity index is 2.05. The molecule has 2 rings (SSSR count). The van der Waals surface area contributed by atoms with Gasteiger partial charge >= 0.3 is 5.97 Å². The molecular weight excluding hydrogens is 178 g/mol. The summed E-state index contributed by atoms with van der Waals surface area (Å²) in [6.07, 6.45) is 5.69. The van der Waals surface area contributed by atoms with Crippen molar-refractivity contribution in [1.29, 1.82) is 0 Å². The first-order valence-electron chi connectivity index (χ1n) is 5.72. The highest BCUT2D eigenvalue weighted by Gasteiger charge is 2.43. The smallest absolute Gasteiger partial charge is 0.321 e. The van der Waals surface area contributed by atoms with Gasteiger partial charge in [0.05, 0.1) is 0 Å². The number of carbonyl (C=O) groups is 1. The summed E-state index contributed by atoms with van der Waals surface area (Å²) in [6.45, 7) is 3.15. The third-order valence-corrected chi connectivity index (χ3v) is 3.57. The van der Waals surface area contributed by atoms with Crippen LogP contribution in [0.1, 0.15) is 39.0 Å². The molecule has 1 N–H and O–H groups in total. The number of hydrogen-bond acceptors (Lipinski definition) is 2. The van der Waals surface area contributed by atoms with Crippen molar-refractivity contribution < 1.29 is 9.90 Å². The van der Waals surface area contributed by atoms with Crippen LogP contribution in [0.15, 0.2) is 0 Å². The first-order chi connectivity index (χ1) is 6.74. The van der Waals surface area contributed by atoms with Crippen LogP contribution in [0.4, 0.5) is 0 Å². The highest BCUT2D eigenvalue weighted by atomic mass is 16.4. The lowest BCUT2D eigenvalue weighted by Crippen LogP contribution is -2.45. The second-order valence-corrected chi connectivity index (χ2v) is 4.56. The fourth-order valence-electron chi connectivity index (χ4n) is 2.69. The molecule has 0 bridgehead atoms. The Labute approximate surface area is 85.1 Å². The molecule has 2 aliphatic rings. The maximum absolute atomic E-state index is 11.2. The largest absolute Gasteiger partial charge is 0.480 e. The van der Waals surface area contributed by atoms with E-state index in [9.17, 15) is 9.90 Å². The monoisotopic (exact) mass is 197 g/mol. The maximum Gasteiger partial charge on any atom is 0.321 e. The molecule has 1 heterocycles. The number of carboxylic acids is 1. The van der Waals surface area contributed by atoms with Crippen molar-refractivity contribution in [2.45, 2.75) is 51.1 Å². The normalized spacial score (nSPS) is 30.5. The van der Waals surface area contributed by atoms with E-state index < -0.39 is 5.97 Å². The van der Waals surface area contributed by atoms with Gasteiger partial charge in [0.2, 0.25) is 0 Å². The molecule has 0 amide bonds. The Bertz CT molecular complexity index is 225. The van der Waals surface area contributed by atoms with Crippen molar-refractivity contribution in [3.63, 3.8) is 0 Å². The van der Waals surface area contributed by atoms with Crippen LogP contribution in [0.5, 0.6) is 0 Å². The molecule has 3 heteroatoms. The Morgan fingerprint density at radius 2 is 2.21 bits per heavy atom. The van der Waals surface area contributed by atoms with Crippen LogP contribution in [-0.4, -0.2) is 34.6 Å². The van der Waals surface area contributed by atoms with Gasteiger partial charge in [-0.25, -0.2) is 0 Å². The zero-order chi connectivity index (χ0) is 10.1. The molecule has 0 aromatic heterocycles. The van der Waals surface area contributed by atoms with Crippen molar-refractivity contribution in [1.82, 2.24) is 4.90 Å². The minimum Gasteiger partial charge on any atom is -0.480 e. The lowest BCUT2D eigenvalue weighted by Gasteiger charge is -2.29. The summed E-state index contributed by atoms with van der Waals surface area (Å²) in [5, 5.41) is 9.22. The third-order valence-electron chi connectivity index (χ3n) is 3.57. The van der Waals surface area contributed by atoms with Crippen LogP contribution < -0.4 is 0 Å². The van der Waals surface area contributed by atoms with Gasteiger partial charge in [0.25, 0.3) is 0 Å². The molecule has 2 atom stereocenters. The Morgan fingerprint density at radius 3 is 2.71 bits per heavy atom. The third kappa shape index (κ3) is 1.78. The summed E-state index contributed by atoms with van der Waals surface area (Å²) >= 11 is 0. The Kier molecular flexibility index (Phi) is 2.77. The second-order valence-electron chi connectivity index (χ2n) is 4.56. The molecule has 1 aliphatic carbocycles. The fourth-order valence-corrected chi connectivity index (χ4v) is 2.69. The predicted octanol–water partition coefficient (Wildman–Crippen LogP) is 1.72. The number of carboxylic acid groups (broad SMARTS) is 1. The lowest BCUT2D eigenvalue weighted by atomic mass is 10.1. The lowest BCUT2D eigenvalue weighted by molar-refractivity contribution is -0.144. The summed E-state index contributed by atoms with van der Waals surface area (Å²) in [7, 11) is 0. The zero-order valence-electron chi connectivity index (χ0n) is 8.78. The van der Waals surface area contributed by atoms with Crippen LogP contribution in [0.2, 0.25) is 0 Å². The summed E-state index contributed by atoms with van der Waals surface area (Å²) < 4.78 is 0. The van der Waals surface area contributed by atoms with Crippen LogP contribution >= 0.6 is 0 Å². The Hall–Kier alpha value is -0.570. The molecule has 0 aromatic carbocycles. The fraction of sp³-hybridized carbons (Fsp3) is 0.909. The van der Waals surface area contributed by atoms with Crippen molar-refractivity contribution in [2.24, 2.45) is 5.92 Å². The van der Waals surface area contributed by atoms with Gasteiger partial charge in [-0.15, -0.1) is 0 Å². The molecule has 14 heavy (non-hydrogen) atoms. The number of rotatable bonds is 4. The SMILES string of the molecule is CCC1CCCN1C(C(=O)O)C1CC1. The van der Waals surface area contributed by atoms with Crippen molar-refractivity contribution in [3.05, 3.63) is 0 Å². The number of aliphatic carboxylic acids is 1. The summed E-state index contributed by atoms with van der Waals surface area (Å²) in [5.41, 5.74) is 0. The molecule has 0 radical (unpaired) electrons. The molecule has 80 valence electrons. The second kappa shape index (κ2) is 3.89. The first kappa shape index (κ1) is 9.97. The van der Waals surface area contributed by atoms with E-state index in [2.05, 4.69) is 11.8 Å². The molecule has 3 nitrogen and oxygen atoms in total. The maximum atomic E-state index is 11.2.